The van der Waals surface area contributed by atoms with Gasteiger partial charge in [-0.1, -0.05) is 109 Å². The highest BCUT2D eigenvalue weighted by atomic mass is 79.9. The van der Waals surface area contributed by atoms with Crippen LogP contribution in [0.5, 0.6) is 11.5 Å². The zero-order valence-electron chi connectivity index (χ0n) is 25.9. The summed E-state index contributed by atoms with van der Waals surface area (Å²) in [6, 6.07) is 13.9. The first kappa shape index (κ1) is 36.1. The zero-order valence-corrected chi connectivity index (χ0v) is 28.4. The first-order chi connectivity index (χ1) is 20.2. The van der Waals surface area contributed by atoms with Crippen molar-refractivity contribution in [3.8, 4) is 11.5 Å². The summed E-state index contributed by atoms with van der Waals surface area (Å²) in [7, 11) is 1.66. The number of benzene rings is 2. The molecule has 1 aliphatic heterocycles. The largest absolute Gasteiger partial charge is 0.493 e. The number of amides is 1. The number of unbranched alkanes of at least 4 members (excludes halogenated alkanes) is 13. The smallest absolute Gasteiger partial charge is 0.228 e. The average Bonchev–Trinajstić information content (AvgIpc) is 3.49. The lowest BCUT2D eigenvalue weighted by Gasteiger charge is -2.15. The Morgan fingerprint density at radius 1 is 0.810 bits per heavy atom. The van der Waals surface area contributed by atoms with E-state index in [1.54, 1.807) is 18.9 Å². The van der Waals surface area contributed by atoms with Crippen LogP contribution in [0.2, 0.25) is 0 Å². The molecule has 42 heavy (non-hydrogen) atoms. The third-order valence-corrected chi connectivity index (χ3v) is 8.37. The summed E-state index contributed by atoms with van der Waals surface area (Å²) >= 11 is 1.80. The number of hydrogen-bond donors (Lipinski definition) is 1. The van der Waals surface area contributed by atoms with E-state index in [2.05, 4.69) is 40.9 Å². The van der Waals surface area contributed by atoms with Crippen molar-refractivity contribution in [3.63, 3.8) is 0 Å². The van der Waals surface area contributed by atoms with Crippen molar-refractivity contribution in [2.24, 2.45) is 0 Å². The van der Waals surface area contributed by atoms with Crippen molar-refractivity contribution in [2.75, 3.05) is 24.9 Å². The Labute approximate surface area is 270 Å². The van der Waals surface area contributed by atoms with Crippen molar-refractivity contribution in [1.82, 2.24) is 4.90 Å². The Morgan fingerprint density at radius 2 is 1.40 bits per heavy atom. The summed E-state index contributed by atoms with van der Waals surface area (Å²) < 4.78 is 11.6. The molecular formula is C35H53BrN2O3S. The Balaban J connectivity index is 0.00000616. The SMILES string of the molecule is Br.CCCCCCCCCCCCCCCCOc1cc(CC(=O)Nc2ccc(CN3C=CSC3)cc2)ccc1OC. The quantitative estimate of drug-likeness (QED) is 0.127. The fourth-order valence-electron chi connectivity index (χ4n) is 5.15. The van der Waals surface area contributed by atoms with Crippen molar-refractivity contribution >= 4 is 40.3 Å². The molecule has 1 amide bonds. The average molecular weight is 662 g/mol. The van der Waals surface area contributed by atoms with Crippen molar-refractivity contribution in [1.29, 1.82) is 0 Å². The van der Waals surface area contributed by atoms with E-state index in [0.29, 0.717) is 18.1 Å². The van der Waals surface area contributed by atoms with Gasteiger partial charge in [0, 0.05) is 18.4 Å². The fraction of sp³-hybridized carbons (Fsp3) is 0.571. The molecule has 3 rings (SSSR count). The molecule has 1 heterocycles. The topological polar surface area (TPSA) is 50.8 Å². The minimum Gasteiger partial charge on any atom is -0.493 e. The minimum absolute atomic E-state index is 0. The number of methoxy groups -OCH3 is 1. The summed E-state index contributed by atoms with van der Waals surface area (Å²) in [5.74, 6) is 2.37. The highest BCUT2D eigenvalue weighted by Crippen LogP contribution is 2.29. The van der Waals surface area contributed by atoms with Crippen LogP contribution < -0.4 is 14.8 Å². The van der Waals surface area contributed by atoms with E-state index in [1.807, 2.05) is 30.3 Å². The second-order valence-corrected chi connectivity index (χ2v) is 12.0. The number of hydrogen-bond acceptors (Lipinski definition) is 5. The predicted molar refractivity (Wildman–Crippen MR) is 185 cm³/mol. The van der Waals surface area contributed by atoms with Crippen LogP contribution in [0.3, 0.4) is 0 Å². The van der Waals surface area contributed by atoms with E-state index in [4.69, 9.17) is 9.47 Å². The molecule has 2 aromatic rings. The first-order valence-corrected chi connectivity index (χ1v) is 16.9. The molecule has 0 fully saturated rings. The normalized spacial score (nSPS) is 12.3. The van der Waals surface area contributed by atoms with E-state index in [0.717, 1.165) is 30.1 Å². The Morgan fingerprint density at radius 3 is 1.98 bits per heavy atom. The van der Waals surface area contributed by atoms with Crippen LogP contribution >= 0.6 is 28.7 Å². The van der Waals surface area contributed by atoms with Crippen LogP contribution in [0, 0.1) is 0 Å². The maximum Gasteiger partial charge on any atom is 0.228 e. The van der Waals surface area contributed by atoms with Gasteiger partial charge in [-0.15, -0.1) is 28.7 Å². The van der Waals surface area contributed by atoms with Crippen molar-refractivity contribution in [2.45, 2.75) is 110 Å². The molecule has 2 aromatic carbocycles. The van der Waals surface area contributed by atoms with Gasteiger partial charge in [0.2, 0.25) is 5.91 Å². The van der Waals surface area contributed by atoms with Gasteiger partial charge < -0.3 is 19.7 Å². The number of anilines is 1. The summed E-state index contributed by atoms with van der Waals surface area (Å²) in [5, 5.41) is 5.13. The highest BCUT2D eigenvalue weighted by Gasteiger charge is 2.11. The van der Waals surface area contributed by atoms with E-state index in [9.17, 15) is 4.79 Å². The predicted octanol–water partition coefficient (Wildman–Crippen LogP) is 10.3. The van der Waals surface area contributed by atoms with Crippen LogP contribution in [0.25, 0.3) is 0 Å². The van der Waals surface area contributed by atoms with Crippen LogP contribution in [-0.4, -0.2) is 30.4 Å². The third kappa shape index (κ3) is 14.9. The van der Waals surface area contributed by atoms with Crippen molar-refractivity contribution in [3.05, 3.63) is 65.2 Å². The minimum atomic E-state index is -0.0419. The van der Waals surface area contributed by atoms with Crippen LogP contribution in [0.15, 0.2) is 54.1 Å². The van der Waals surface area contributed by atoms with Gasteiger partial charge in [-0.25, -0.2) is 0 Å². The standard InChI is InChI=1S/C35H52N2O3S.BrH/c1-3-4-5-6-7-8-9-10-11-12-13-14-15-16-24-40-34-26-31(19-22-33(34)39-2)27-35(38)36-32-20-17-30(18-21-32)28-37-23-25-41-29-37;/h17-23,25-26H,3-16,24,27-29H2,1-2H3,(H,36,38);1H. The molecule has 0 aromatic heterocycles. The second-order valence-electron chi connectivity index (χ2n) is 11.2. The molecule has 0 atom stereocenters. The molecule has 5 nitrogen and oxygen atoms in total. The highest BCUT2D eigenvalue weighted by molar-refractivity contribution is 8.93. The molecule has 7 heteroatoms. The Bertz CT molecular complexity index is 1030. The summed E-state index contributed by atoms with van der Waals surface area (Å²) in [6.45, 7) is 3.83. The summed E-state index contributed by atoms with van der Waals surface area (Å²) in [4.78, 5) is 15.0. The summed E-state index contributed by atoms with van der Waals surface area (Å²) in [6.07, 6.45) is 21.2. The molecular weight excluding hydrogens is 608 g/mol. The van der Waals surface area contributed by atoms with Gasteiger partial charge in [0.1, 0.15) is 0 Å². The van der Waals surface area contributed by atoms with Gasteiger partial charge in [-0.05, 0) is 47.2 Å². The molecule has 0 unspecified atom stereocenters. The molecule has 0 saturated carbocycles. The van der Waals surface area contributed by atoms with E-state index in [-0.39, 0.29) is 29.3 Å². The molecule has 234 valence electrons. The number of nitrogens with one attached hydrogen (secondary N) is 1. The third-order valence-electron chi connectivity index (χ3n) is 7.58. The molecule has 0 radical (unpaired) electrons. The molecule has 0 saturated heterocycles. The van der Waals surface area contributed by atoms with Crippen LogP contribution in [0.1, 0.15) is 108 Å². The van der Waals surface area contributed by atoms with Gasteiger partial charge in [-0.3, -0.25) is 4.79 Å². The number of carbonyl (C=O) groups is 1. The lowest BCUT2D eigenvalue weighted by Crippen LogP contribution is -2.15. The van der Waals surface area contributed by atoms with E-state index in [1.165, 1.54) is 89.0 Å². The number of thioether (sulfide) groups is 1. The fourth-order valence-corrected chi connectivity index (χ4v) is 5.86. The summed E-state index contributed by atoms with van der Waals surface area (Å²) in [5.41, 5.74) is 2.95. The first-order valence-electron chi connectivity index (χ1n) is 15.9. The number of halogens is 1. The Hall–Kier alpha value is -2.12. The molecule has 1 aliphatic rings. The van der Waals surface area contributed by atoms with Gasteiger partial charge >= 0.3 is 0 Å². The second kappa shape index (κ2) is 22.4. The lowest BCUT2D eigenvalue weighted by atomic mass is 10.0. The van der Waals surface area contributed by atoms with Gasteiger partial charge in [0.15, 0.2) is 11.5 Å². The maximum atomic E-state index is 12.7. The Kier molecular flexibility index (Phi) is 19.3. The number of carbonyl (C=O) groups excluding carboxylic acids is 1. The number of ether oxygens (including phenoxy) is 2. The van der Waals surface area contributed by atoms with Crippen LogP contribution in [0.4, 0.5) is 5.69 Å². The van der Waals surface area contributed by atoms with Gasteiger partial charge in [0.05, 0.1) is 26.0 Å². The van der Waals surface area contributed by atoms with Crippen LogP contribution in [-0.2, 0) is 17.8 Å². The molecule has 0 spiro atoms. The van der Waals surface area contributed by atoms with E-state index < -0.39 is 0 Å². The number of nitrogens with zero attached hydrogens (tertiary/aromatic N) is 1. The lowest BCUT2D eigenvalue weighted by molar-refractivity contribution is -0.115. The number of rotatable bonds is 22. The van der Waals surface area contributed by atoms with Crippen molar-refractivity contribution < 1.29 is 14.3 Å². The van der Waals surface area contributed by atoms with E-state index >= 15 is 0 Å². The molecule has 1 N–H and O–H groups in total. The zero-order chi connectivity index (χ0) is 29.0. The maximum absolute atomic E-state index is 12.7. The monoisotopic (exact) mass is 660 g/mol. The molecule has 0 aliphatic carbocycles. The van der Waals surface area contributed by atoms with Gasteiger partial charge in [-0.2, -0.15) is 0 Å². The molecule has 0 bridgehead atoms. The van der Waals surface area contributed by atoms with Gasteiger partial charge in [0.25, 0.3) is 0 Å².